The van der Waals surface area contributed by atoms with Gasteiger partial charge < -0.3 is 10.6 Å². The molecule has 0 fully saturated rings. The van der Waals surface area contributed by atoms with E-state index < -0.39 is 23.7 Å². The highest BCUT2D eigenvalue weighted by Crippen LogP contribution is 2.29. The summed E-state index contributed by atoms with van der Waals surface area (Å²) in [5, 5.41) is 7.21. The zero-order valence-corrected chi connectivity index (χ0v) is 16.6. The number of halogens is 3. The minimum Gasteiger partial charge on any atom is -0.350 e. The quantitative estimate of drug-likeness (QED) is 0.581. The van der Waals surface area contributed by atoms with Crippen molar-refractivity contribution >= 4 is 23.2 Å². The predicted molar refractivity (Wildman–Crippen MR) is 109 cm³/mol. The Hall–Kier alpha value is -3.13. The molecule has 8 heteroatoms. The number of alkyl halides is 3. The number of rotatable bonds is 7. The fraction of sp³-hybridized carbons (Fsp3) is 0.182. The third-order valence-electron chi connectivity index (χ3n) is 4.40. The van der Waals surface area contributed by atoms with Crippen molar-refractivity contribution in [3.05, 3.63) is 93.7 Å². The van der Waals surface area contributed by atoms with Gasteiger partial charge in [0.2, 0.25) is 5.91 Å². The van der Waals surface area contributed by atoms with Gasteiger partial charge in [-0.05, 0) is 34.7 Å². The summed E-state index contributed by atoms with van der Waals surface area (Å²) in [6, 6.07) is 16.4. The molecule has 4 nitrogen and oxygen atoms in total. The fourth-order valence-corrected chi connectivity index (χ4v) is 3.45. The molecule has 2 aromatic carbocycles. The number of hydrogen-bond donors (Lipinski definition) is 2. The molecular formula is C22H19F3N2O2S. The highest BCUT2D eigenvalue weighted by molar-refractivity contribution is 7.12. The largest absolute Gasteiger partial charge is 0.416 e. The van der Waals surface area contributed by atoms with Crippen molar-refractivity contribution in [3.8, 4) is 0 Å². The lowest BCUT2D eigenvalue weighted by Crippen LogP contribution is -2.47. The van der Waals surface area contributed by atoms with Crippen LogP contribution < -0.4 is 10.6 Å². The minimum absolute atomic E-state index is 0.0527. The van der Waals surface area contributed by atoms with Crippen molar-refractivity contribution in [1.29, 1.82) is 0 Å². The monoisotopic (exact) mass is 432 g/mol. The first-order valence-electron chi connectivity index (χ1n) is 9.15. The lowest BCUT2D eigenvalue weighted by atomic mass is 10.0. The van der Waals surface area contributed by atoms with Crippen molar-refractivity contribution in [2.24, 2.45) is 0 Å². The van der Waals surface area contributed by atoms with Gasteiger partial charge in [0.05, 0.1) is 10.4 Å². The van der Waals surface area contributed by atoms with Gasteiger partial charge in [-0.25, -0.2) is 0 Å². The van der Waals surface area contributed by atoms with E-state index in [0.29, 0.717) is 10.4 Å². The van der Waals surface area contributed by atoms with Gasteiger partial charge in [-0.1, -0.05) is 48.5 Å². The van der Waals surface area contributed by atoms with E-state index in [1.807, 2.05) is 30.3 Å². The molecule has 0 saturated carbocycles. The van der Waals surface area contributed by atoms with E-state index >= 15 is 0 Å². The second kappa shape index (κ2) is 9.58. The molecule has 156 valence electrons. The molecule has 0 saturated heterocycles. The maximum atomic E-state index is 12.7. The number of nitrogens with one attached hydrogen (secondary N) is 2. The maximum absolute atomic E-state index is 12.7. The molecule has 2 N–H and O–H groups in total. The summed E-state index contributed by atoms with van der Waals surface area (Å²) in [6.45, 7) is 0.0527. The van der Waals surface area contributed by atoms with E-state index in [1.165, 1.54) is 23.5 Å². The number of thiophene rings is 1. The second-order valence-electron chi connectivity index (χ2n) is 6.61. The van der Waals surface area contributed by atoms with Crippen LogP contribution in [0.1, 0.15) is 26.4 Å². The van der Waals surface area contributed by atoms with E-state index in [0.717, 1.165) is 17.7 Å². The molecule has 1 heterocycles. The Kier molecular flexibility index (Phi) is 6.89. The first-order valence-corrected chi connectivity index (χ1v) is 10.0. The number of carbonyl (C=O) groups excluding carboxylic acids is 2. The first-order chi connectivity index (χ1) is 14.3. The summed E-state index contributed by atoms with van der Waals surface area (Å²) in [5.41, 5.74) is 0.654. The van der Waals surface area contributed by atoms with Crippen molar-refractivity contribution < 1.29 is 22.8 Å². The molecule has 0 radical (unpaired) electrons. The van der Waals surface area contributed by atoms with Crippen molar-refractivity contribution in [2.45, 2.75) is 25.2 Å². The van der Waals surface area contributed by atoms with E-state index in [-0.39, 0.29) is 18.9 Å². The molecular weight excluding hydrogens is 413 g/mol. The molecule has 2 amide bonds. The summed E-state index contributed by atoms with van der Waals surface area (Å²) in [6.07, 6.45) is -4.12. The fourth-order valence-electron chi connectivity index (χ4n) is 2.82. The Labute approximate surface area is 175 Å². The third-order valence-corrected chi connectivity index (χ3v) is 5.27. The van der Waals surface area contributed by atoms with Gasteiger partial charge in [0.1, 0.15) is 6.04 Å². The standard InChI is InChI=1S/C22H19F3N2O2S/c23-22(24,25)17-10-8-16(9-11-17)14-26-20(28)18(13-15-5-2-1-3-6-15)27-21(29)19-7-4-12-30-19/h1-12,18H,13-14H2,(H,26,28)(H,27,29)/t18-/m0/s1. The van der Waals surface area contributed by atoms with Gasteiger partial charge >= 0.3 is 6.18 Å². The van der Waals surface area contributed by atoms with Gasteiger partial charge in [0, 0.05) is 13.0 Å². The van der Waals surface area contributed by atoms with Crippen molar-refractivity contribution in [3.63, 3.8) is 0 Å². The Morgan fingerprint density at radius 1 is 0.900 bits per heavy atom. The van der Waals surface area contributed by atoms with E-state index in [4.69, 9.17) is 0 Å². The van der Waals surface area contributed by atoms with Gasteiger partial charge in [-0.2, -0.15) is 13.2 Å². The van der Waals surface area contributed by atoms with Crippen molar-refractivity contribution in [2.75, 3.05) is 0 Å². The Bertz CT molecular complexity index is 972. The zero-order chi connectivity index (χ0) is 21.6. The summed E-state index contributed by atoms with van der Waals surface area (Å²) >= 11 is 1.27. The molecule has 3 rings (SSSR count). The number of hydrogen-bond acceptors (Lipinski definition) is 3. The van der Waals surface area contributed by atoms with Gasteiger partial charge in [0.25, 0.3) is 5.91 Å². The van der Waals surface area contributed by atoms with Crippen molar-refractivity contribution in [1.82, 2.24) is 10.6 Å². The Balaban J connectivity index is 1.67. The topological polar surface area (TPSA) is 58.2 Å². The van der Waals surface area contributed by atoms with Crippen LogP contribution in [0.4, 0.5) is 13.2 Å². The lowest BCUT2D eigenvalue weighted by Gasteiger charge is -2.18. The van der Waals surface area contributed by atoms with Gasteiger partial charge in [-0.15, -0.1) is 11.3 Å². The summed E-state index contributed by atoms with van der Waals surface area (Å²) in [4.78, 5) is 25.7. The summed E-state index contributed by atoms with van der Waals surface area (Å²) in [7, 11) is 0. The van der Waals surface area contributed by atoms with Crippen LogP contribution in [0.3, 0.4) is 0 Å². The molecule has 30 heavy (non-hydrogen) atoms. The van der Waals surface area contributed by atoms with Crippen LogP contribution in [0, 0.1) is 0 Å². The lowest BCUT2D eigenvalue weighted by molar-refractivity contribution is -0.137. The van der Waals surface area contributed by atoms with Crippen LogP contribution in [0.2, 0.25) is 0 Å². The van der Waals surface area contributed by atoms with Crippen LogP contribution >= 0.6 is 11.3 Å². The number of benzene rings is 2. The second-order valence-corrected chi connectivity index (χ2v) is 7.55. The van der Waals surface area contributed by atoms with Crippen LogP contribution in [-0.2, 0) is 23.9 Å². The van der Waals surface area contributed by atoms with E-state index in [1.54, 1.807) is 17.5 Å². The summed E-state index contributed by atoms with van der Waals surface area (Å²) < 4.78 is 38.0. The summed E-state index contributed by atoms with van der Waals surface area (Å²) in [5.74, 6) is -0.765. The van der Waals surface area contributed by atoms with Crippen LogP contribution in [-0.4, -0.2) is 17.9 Å². The molecule has 0 aliphatic rings. The predicted octanol–water partition coefficient (Wildman–Crippen LogP) is 4.42. The number of amides is 2. The van der Waals surface area contributed by atoms with Gasteiger partial charge in [0.15, 0.2) is 0 Å². The smallest absolute Gasteiger partial charge is 0.350 e. The van der Waals surface area contributed by atoms with E-state index in [9.17, 15) is 22.8 Å². The van der Waals surface area contributed by atoms with E-state index in [2.05, 4.69) is 10.6 Å². The maximum Gasteiger partial charge on any atom is 0.416 e. The molecule has 1 atom stereocenters. The Morgan fingerprint density at radius 3 is 2.20 bits per heavy atom. The molecule has 3 aromatic rings. The van der Waals surface area contributed by atoms with Crippen LogP contribution in [0.15, 0.2) is 72.1 Å². The highest BCUT2D eigenvalue weighted by atomic mass is 32.1. The highest BCUT2D eigenvalue weighted by Gasteiger charge is 2.30. The zero-order valence-electron chi connectivity index (χ0n) is 15.8. The molecule has 0 spiro atoms. The molecule has 0 bridgehead atoms. The SMILES string of the molecule is O=C(N[C@@H](Cc1ccccc1)C(=O)NCc1ccc(C(F)(F)F)cc1)c1cccs1. The normalized spacial score (nSPS) is 12.2. The minimum atomic E-state index is -4.41. The molecule has 0 unspecified atom stereocenters. The van der Waals surface area contributed by atoms with Crippen LogP contribution in [0.25, 0.3) is 0 Å². The molecule has 0 aliphatic carbocycles. The average molecular weight is 432 g/mol. The van der Waals surface area contributed by atoms with Crippen LogP contribution in [0.5, 0.6) is 0 Å². The number of carbonyl (C=O) groups is 2. The van der Waals surface area contributed by atoms with Gasteiger partial charge in [-0.3, -0.25) is 9.59 Å². The first kappa shape index (κ1) is 21.6. The molecule has 1 aromatic heterocycles. The average Bonchev–Trinajstić information content (AvgIpc) is 3.27. The Morgan fingerprint density at radius 2 is 1.60 bits per heavy atom. The third kappa shape index (κ3) is 5.93. The molecule has 0 aliphatic heterocycles.